The van der Waals surface area contributed by atoms with Crippen LogP contribution in [0.1, 0.15) is 0 Å². The Morgan fingerprint density at radius 3 is 2.54 bits per heavy atom. The number of nitrogens with one attached hydrogen (secondary N) is 2. The van der Waals surface area contributed by atoms with Gasteiger partial charge in [-0.15, -0.1) is 0 Å². The molecule has 1 saturated heterocycles. The Hall–Kier alpha value is -1.22. The second-order valence-corrected chi connectivity index (χ2v) is 3.45. The van der Waals surface area contributed by atoms with Crippen LogP contribution in [0.15, 0.2) is 24.3 Å². The van der Waals surface area contributed by atoms with Crippen LogP contribution in [-0.4, -0.2) is 24.7 Å². The number of phenols is 1. The molecule has 0 unspecified atom stereocenters. The highest BCUT2D eigenvalue weighted by atomic mass is 16.3. The highest BCUT2D eigenvalue weighted by molar-refractivity contribution is 5.45. The fourth-order valence-corrected chi connectivity index (χ4v) is 1.33. The zero-order valence-electron chi connectivity index (χ0n) is 7.46. The first-order valence-corrected chi connectivity index (χ1v) is 4.58. The zero-order chi connectivity index (χ0) is 9.10. The lowest BCUT2D eigenvalue weighted by molar-refractivity contribution is 0.365. The third kappa shape index (κ3) is 2.12. The van der Waals surface area contributed by atoms with Gasteiger partial charge in [0.15, 0.2) is 0 Å². The van der Waals surface area contributed by atoms with E-state index in [0.29, 0.717) is 5.75 Å². The average Bonchev–Trinajstić information content (AvgIpc) is 2.05. The maximum atomic E-state index is 9.05. The van der Waals surface area contributed by atoms with Gasteiger partial charge in [-0.3, -0.25) is 0 Å². The van der Waals surface area contributed by atoms with Gasteiger partial charge in [-0.2, -0.15) is 0 Å². The average molecular weight is 178 g/mol. The Morgan fingerprint density at radius 2 is 2.00 bits per heavy atom. The van der Waals surface area contributed by atoms with Crippen molar-refractivity contribution in [2.45, 2.75) is 0 Å². The molecule has 1 fully saturated rings. The molecule has 0 atom stereocenters. The number of anilines is 1. The Morgan fingerprint density at radius 1 is 1.31 bits per heavy atom. The van der Waals surface area contributed by atoms with E-state index in [1.165, 1.54) is 0 Å². The summed E-state index contributed by atoms with van der Waals surface area (Å²) < 4.78 is 0. The van der Waals surface area contributed by atoms with Crippen molar-refractivity contribution in [2.24, 2.45) is 5.92 Å². The van der Waals surface area contributed by atoms with E-state index in [1.807, 2.05) is 12.1 Å². The lowest BCUT2D eigenvalue weighted by Crippen LogP contribution is -2.45. The number of hydrogen-bond acceptors (Lipinski definition) is 3. The molecule has 13 heavy (non-hydrogen) atoms. The predicted octanol–water partition coefficient (Wildman–Crippen LogP) is 1.02. The summed E-state index contributed by atoms with van der Waals surface area (Å²) in [5, 5.41) is 15.6. The largest absolute Gasteiger partial charge is 0.508 e. The molecule has 2 rings (SSSR count). The minimum absolute atomic E-state index is 0.316. The van der Waals surface area contributed by atoms with Crippen molar-refractivity contribution in [3.63, 3.8) is 0 Å². The summed E-state index contributed by atoms with van der Waals surface area (Å²) in [6.07, 6.45) is 0. The number of benzene rings is 1. The number of aromatic hydroxyl groups is 1. The molecule has 0 radical (unpaired) electrons. The molecule has 0 aliphatic carbocycles. The topological polar surface area (TPSA) is 44.3 Å². The predicted molar refractivity (Wildman–Crippen MR) is 53.0 cm³/mol. The number of phenolic OH excluding ortho intramolecular Hbond substituents is 1. The first-order valence-electron chi connectivity index (χ1n) is 4.58. The van der Waals surface area contributed by atoms with Gasteiger partial charge in [0.1, 0.15) is 5.75 Å². The fraction of sp³-hybridized carbons (Fsp3) is 0.400. The van der Waals surface area contributed by atoms with Crippen molar-refractivity contribution in [3.8, 4) is 5.75 Å². The lowest BCUT2D eigenvalue weighted by Gasteiger charge is -2.27. The summed E-state index contributed by atoms with van der Waals surface area (Å²) in [5.41, 5.74) is 1.07. The smallest absolute Gasteiger partial charge is 0.115 e. The minimum Gasteiger partial charge on any atom is -0.508 e. The van der Waals surface area contributed by atoms with Crippen molar-refractivity contribution in [2.75, 3.05) is 25.0 Å². The maximum absolute atomic E-state index is 9.05. The van der Waals surface area contributed by atoms with Gasteiger partial charge in [0.25, 0.3) is 0 Å². The first-order chi connectivity index (χ1) is 6.34. The van der Waals surface area contributed by atoms with E-state index in [0.717, 1.165) is 31.2 Å². The molecule has 1 aromatic rings. The molecular weight excluding hydrogens is 164 g/mol. The van der Waals surface area contributed by atoms with Crippen LogP contribution in [0, 0.1) is 5.92 Å². The van der Waals surface area contributed by atoms with Crippen molar-refractivity contribution < 1.29 is 5.11 Å². The van der Waals surface area contributed by atoms with Gasteiger partial charge in [-0.1, -0.05) is 0 Å². The van der Waals surface area contributed by atoms with E-state index in [-0.39, 0.29) is 0 Å². The van der Waals surface area contributed by atoms with Gasteiger partial charge in [-0.25, -0.2) is 0 Å². The summed E-state index contributed by atoms with van der Waals surface area (Å²) in [5.74, 6) is 1.07. The SMILES string of the molecule is Oc1ccc(NCC2CNC2)cc1. The summed E-state index contributed by atoms with van der Waals surface area (Å²) in [6.45, 7) is 3.24. The maximum Gasteiger partial charge on any atom is 0.115 e. The normalized spacial score (nSPS) is 16.6. The molecule has 3 heteroatoms. The van der Waals surface area contributed by atoms with E-state index in [1.54, 1.807) is 12.1 Å². The van der Waals surface area contributed by atoms with Crippen LogP contribution in [0.3, 0.4) is 0 Å². The molecule has 1 aliphatic rings. The van der Waals surface area contributed by atoms with Crippen LogP contribution in [0.25, 0.3) is 0 Å². The molecule has 3 N–H and O–H groups in total. The van der Waals surface area contributed by atoms with E-state index in [4.69, 9.17) is 5.11 Å². The summed E-state index contributed by atoms with van der Waals surface area (Å²) in [7, 11) is 0. The monoisotopic (exact) mass is 178 g/mol. The van der Waals surface area contributed by atoms with Gasteiger partial charge in [-0.05, 0) is 24.3 Å². The van der Waals surface area contributed by atoms with Crippen molar-refractivity contribution >= 4 is 5.69 Å². The third-order valence-corrected chi connectivity index (χ3v) is 2.33. The minimum atomic E-state index is 0.316. The summed E-state index contributed by atoms with van der Waals surface area (Å²) >= 11 is 0. The van der Waals surface area contributed by atoms with E-state index in [2.05, 4.69) is 10.6 Å². The van der Waals surface area contributed by atoms with Crippen LogP contribution >= 0.6 is 0 Å². The number of hydrogen-bond donors (Lipinski definition) is 3. The van der Waals surface area contributed by atoms with Crippen LogP contribution in [-0.2, 0) is 0 Å². The lowest BCUT2D eigenvalue weighted by atomic mass is 10.0. The van der Waals surface area contributed by atoms with Gasteiger partial charge in [0.05, 0.1) is 0 Å². The molecule has 3 nitrogen and oxygen atoms in total. The third-order valence-electron chi connectivity index (χ3n) is 2.33. The fourth-order valence-electron chi connectivity index (χ4n) is 1.33. The molecule has 70 valence electrons. The van der Waals surface area contributed by atoms with Gasteiger partial charge in [0, 0.05) is 31.2 Å². The van der Waals surface area contributed by atoms with Gasteiger partial charge >= 0.3 is 0 Å². The summed E-state index contributed by atoms with van der Waals surface area (Å²) in [4.78, 5) is 0. The van der Waals surface area contributed by atoms with E-state index < -0.39 is 0 Å². The molecule has 0 saturated carbocycles. The molecule has 0 bridgehead atoms. The Labute approximate surface area is 77.8 Å². The molecule has 1 aromatic carbocycles. The second-order valence-electron chi connectivity index (χ2n) is 3.45. The zero-order valence-corrected chi connectivity index (χ0v) is 7.46. The summed E-state index contributed by atoms with van der Waals surface area (Å²) in [6, 6.07) is 7.17. The molecule has 1 aliphatic heterocycles. The van der Waals surface area contributed by atoms with Crippen LogP contribution in [0.4, 0.5) is 5.69 Å². The highest BCUT2D eigenvalue weighted by Crippen LogP contribution is 2.14. The molecule has 1 heterocycles. The highest BCUT2D eigenvalue weighted by Gasteiger charge is 2.15. The van der Waals surface area contributed by atoms with Crippen molar-refractivity contribution in [1.82, 2.24) is 5.32 Å². The van der Waals surface area contributed by atoms with Crippen molar-refractivity contribution in [1.29, 1.82) is 0 Å². The van der Waals surface area contributed by atoms with Crippen LogP contribution in [0.5, 0.6) is 5.75 Å². The Balaban J connectivity index is 1.83. The quantitative estimate of drug-likeness (QED) is 0.605. The molecule has 0 aromatic heterocycles. The molecule has 0 spiro atoms. The molecular formula is C10H14N2O. The molecule has 0 amide bonds. The van der Waals surface area contributed by atoms with Crippen LogP contribution in [0.2, 0.25) is 0 Å². The van der Waals surface area contributed by atoms with Crippen molar-refractivity contribution in [3.05, 3.63) is 24.3 Å². The van der Waals surface area contributed by atoms with Gasteiger partial charge < -0.3 is 15.7 Å². The van der Waals surface area contributed by atoms with E-state index in [9.17, 15) is 0 Å². The number of rotatable bonds is 3. The second kappa shape index (κ2) is 3.66. The Bertz CT molecular complexity index is 267. The van der Waals surface area contributed by atoms with Gasteiger partial charge in [0.2, 0.25) is 0 Å². The Kier molecular flexibility index (Phi) is 2.36. The van der Waals surface area contributed by atoms with E-state index >= 15 is 0 Å². The van der Waals surface area contributed by atoms with Crippen LogP contribution < -0.4 is 10.6 Å². The first kappa shape index (κ1) is 8.38. The standard InChI is InChI=1S/C10H14N2O/c13-10-3-1-9(2-4-10)12-7-8-5-11-6-8/h1-4,8,11-13H,5-7H2.